The topological polar surface area (TPSA) is 50.7 Å². The molecule has 0 amide bonds. The van der Waals surface area contributed by atoms with Gasteiger partial charge in [0.1, 0.15) is 5.52 Å². The van der Waals surface area contributed by atoms with Crippen molar-refractivity contribution in [1.29, 1.82) is 0 Å². The summed E-state index contributed by atoms with van der Waals surface area (Å²) in [6.45, 7) is 2.78. The van der Waals surface area contributed by atoms with E-state index < -0.39 is 0 Å². The van der Waals surface area contributed by atoms with Crippen molar-refractivity contribution < 1.29 is 0 Å². The predicted molar refractivity (Wildman–Crippen MR) is 81.4 cm³/mol. The van der Waals surface area contributed by atoms with Crippen LogP contribution >= 0.6 is 27.3 Å². The molecule has 0 aliphatic carbocycles. The molecule has 0 atom stereocenters. The normalized spacial score (nSPS) is 10.8. The molecule has 0 aliphatic rings. The van der Waals surface area contributed by atoms with Crippen LogP contribution in [0.1, 0.15) is 10.6 Å². The first-order valence-electron chi connectivity index (χ1n) is 5.77. The van der Waals surface area contributed by atoms with E-state index in [4.69, 9.17) is 0 Å². The molecule has 3 aromatic heterocycles. The summed E-state index contributed by atoms with van der Waals surface area (Å²) in [6, 6.07) is 3.91. The first-order chi connectivity index (χ1) is 9.24. The van der Waals surface area contributed by atoms with Crippen LogP contribution in [-0.2, 0) is 6.54 Å². The highest BCUT2D eigenvalue weighted by Crippen LogP contribution is 2.23. The third kappa shape index (κ3) is 2.59. The number of pyridine rings is 2. The second-order valence-corrected chi connectivity index (χ2v) is 5.95. The van der Waals surface area contributed by atoms with Crippen LogP contribution in [0.25, 0.3) is 11.0 Å². The average Bonchev–Trinajstić information content (AvgIpc) is 2.81. The molecule has 0 unspecified atom stereocenters. The van der Waals surface area contributed by atoms with Gasteiger partial charge in [0.15, 0.2) is 0 Å². The van der Waals surface area contributed by atoms with Gasteiger partial charge in [-0.3, -0.25) is 9.97 Å². The second-order valence-electron chi connectivity index (χ2n) is 4.09. The van der Waals surface area contributed by atoms with Gasteiger partial charge in [-0.15, -0.1) is 11.3 Å². The molecule has 19 heavy (non-hydrogen) atoms. The number of nitrogens with one attached hydrogen (secondary N) is 1. The number of aromatic nitrogens is 3. The van der Waals surface area contributed by atoms with Crippen LogP contribution in [0, 0.1) is 6.92 Å². The molecular weight excluding hydrogens is 324 g/mol. The van der Waals surface area contributed by atoms with Crippen LogP contribution in [0.15, 0.2) is 34.5 Å². The highest BCUT2D eigenvalue weighted by molar-refractivity contribution is 9.10. The number of hydrogen-bond donors (Lipinski definition) is 1. The Morgan fingerprint density at radius 3 is 3.00 bits per heavy atom. The molecule has 4 nitrogen and oxygen atoms in total. The number of rotatable bonds is 3. The fraction of sp³-hybridized carbons (Fsp3) is 0.154. The molecule has 0 saturated carbocycles. The molecule has 3 rings (SSSR count). The number of aryl methyl sites for hydroxylation is 1. The lowest BCUT2D eigenvalue weighted by Crippen LogP contribution is -2.01. The quantitative estimate of drug-likeness (QED) is 0.792. The van der Waals surface area contributed by atoms with E-state index in [0.29, 0.717) is 0 Å². The molecule has 0 bridgehead atoms. The molecule has 0 spiro atoms. The highest BCUT2D eigenvalue weighted by Gasteiger charge is 2.06. The Bertz CT molecular complexity index is 725. The number of hydrogen-bond acceptors (Lipinski definition) is 5. The monoisotopic (exact) mass is 334 g/mol. The van der Waals surface area contributed by atoms with Gasteiger partial charge in [0.05, 0.1) is 29.0 Å². The number of halogens is 1. The zero-order valence-corrected chi connectivity index (χ0v) is 12.6. The largest absolute Gasteiger partial charge is 0.378 e. The Hall–Kier alpha value is -1.53. The van der Waals surface area contributed by atoms with E-state index in [-0.39, 0.29) is 0 Å². The fourth-order valence-electron chi connectivity index (χ4n) is 1.82. The molecule has 6 heteroatoms. The minimum Gasteiger partial charge on any atom is -0.378 e. The lowest BCUT2D eigenvalue weighted by atomic mass is 10.2. The number of fused-ring (bicyclic) bond motifs is 1. The molecule has 0 saturated heterocycles. The van der Waals surface area contributed by atoms with Crippen LogP contribution in [0.4, 0.5) is 5.69 Å². The molecule has 0 fully saturated rings. The number of thiazole rings is 1. The predicted octanol–water partition coefficient (Wildman–Crippen LogP) is 3.77. The Morgan fingerprint density at radius 1 is 1.32 bits per heavy atom. The Labute approximate surface area is 123 Å². The highest BCUT2D eigenvalue weighted by atomic mass is 79.9. The molecule has 0 aliphatic heterocycles. The third-order valence-corrected chi connectivity index (χ3v) is 4.20. The summed E-state index contributed by atoms with van der Waals surface area (Å²) >= 11 is 5.07. The van der Waals surface area contributed by atoms with Crippen molar-refractivity contribution in [3.63, 3.8) is 0 Å². The van der Waals surface area contributed by atoms with Crippen LogP contribution in [0.2, 0.25) is 0 Å². The standard InChI is InChI=1S/C13H11BrN4S/c1-8-12(19-7-18-8)6-16-10-2-3-15-11-4-9(14)5-17-13(10)11/h2-5,7H,6H2,1H3,(H,15,16). The van der Waals surface area contributed by atoms with Crippen molar-refractivity contribution in [2.24, 2.45) is 0 Å². The van der Waals surface area contributed by atoms with E-state index in [1.54, 1.807) is 23.7 Å². The Kier molecular flexibility index (Phi) is 3.44. The zero-order chi connectivity index (χ0) is 13.2. The Balaban J connectivity index is 1.91. The smallest absolute Gasteiger partial charge is 0.112 e. The molecule has 1 N–H and O–H groups in total. The average molecular weight is 335 g/mol. The first kappa shape index (κ1) is 12.5. The molecule has 0 aromatic carbocycles. The van der Waals surface area contributed by atoms with Crippen molar-refractivity contribution in [2.45, 2.75) is 13.5 Å². The van der Waals surface area contributed by atoms with Gasteiger partial charge in [0, 0.05) is 21.7 Å². The van der Waals surface area contributed by atoms with Gasteiger partial charge in [-0.25, -0.2) is 4.98 Å². The fourth-order valence-corrected chi connectivity index (χ4v) is 2.86. The van der Waals surface area contributed by atoms with Gasteiger partial charge in [-0.2, -0.15) is 0 Å². The van der Waals surface area contributed by atoms with Crippen molar-refractivity contribution in [3.05, 3.63) is 45.1 Å². The van der Waals surface area contributed by atoms with Gasteiger partial charge in [0.2, 0.25) is 0 Å². The Morgan fingerprint density at radius 2 is 2.21 bits per heavy atom. The molecular formula is C13H11BrN4S. The molecule has 3 heterocycles. The first-order valence-corrected chi connectivity index (χ1v) is 7.44. The summed E-state index contributed by atoms with van der Waals surface area (Å²) in [5.41, 5.74) is 5.69. The van der Waals surface area contributed by atoms with E-state index in [9.17, 15) is 0 Å². The van der Waals surface area contributed by atoms with Crippen LogP contribution in [0.3, 0.4) is 0 Å². The summed E-state index contributed by atoms with van der Waals surface area (Å²) in [4.78, 5) is 14.2. The van der Waals surface area contributed by atoms with Gasteiger partial charge in [-0.1, -0.05) is 0 Å². The zero-order valence-electron chi connectivity index (χ0n) is 10.2. The van der Waals surface area contributed by atoms with Crippen LogP contribution in [0.5, 0.6) is 0 Å². The van der Waals surface area contributed by atoms with Gasteiger partial charge >= 0.3 is 0 Å². The van der Waals surface area contributed by atoms with E-state index in [1.807, 2.05) is 24.6 Å². The summed E-state index contributed by atoms with van der Waals surface area (Å²) in [5, 5.41) is 3.40. The van der Waals surface area contributed by atoms with Crippen molar-refractivity contribution in [2.75, 3.05) is 5.32 Å². The SMILES string of the molecule is Cc1ncsc1CNc1ccnc2cc(Br)cnc12. The van der Waals surface area contributed by atoms with E-state index in [1.165, 1.54) is 4.88 Å². The van der Waals surface area contributed by atoms with Gasteiger partial charge in [0.25, 0.3) is 0 Å². The minimum absolute atomic E-state index is 0.757. The van der Waals surface area contributed by atoms with Crippen molar-refractivity contribution in [3.8, 4) is 0 Å². The number of anilines is 1. The van der Waals surface area contributed by atoms with Crippen LogP contribution < -0.4 is 5.32 Å². The van der Waals surface area contributed by atoms with Crippen molar-refractivity contribution in [1.82, 2.24) is 15.0 Å². The third-order valence-electron chi connectivity index (χ3n) is 2.83. The van der Waals surface area contributed by atoms with E-state index in [2.05, 4.69) is 36.2 Å². The van der Waals surface area contributed by atoms with Crippen molar-refractivity contribution >= 4 is 44.0 Å². The maximum absolute atomic E-state index is 4.42. The minimum atomic E-state index is 0.757. The van der Waals surface area contributed by atoms with Gasteiger partial charge in [-0.05, 0) is 35.0 Å². The number of nitrogens with zero attached hydrogens (tertiary/aromatic N) is 3. The maximum Gasteiger partial charge on any atom is 0.112 e. The maximum atomic E-state index is 4.42. The molecule has 96 valence electrons. The second kappa shape index (κ2) is 5.22. The molecule has 0 radical (unpaired) electrons. The summed E-state index contributed by atoms with van der Waals surface area (Å²) in [5.74, 6) is 0. The summed E-state index contributed by atoms with van der Waals surface area (Å²) in [7, 11) is 0. The van der Waals surface area contributed by atoms with E-state index in [0.717, 1.165) is 33.4 Å². The lowest BCUT2D eigenvalue weighted by Gasteiger charge is -2.08. The van der Waals surface area contributed by atoms with E-state index >= 15 is 0 Å². The summed E-state index contributed by atoms with van der Waals surface area (Å²) in [6.07, 6.45) is 3.57. The van der Waals surface area contributed by atoms with Crippen LogP contribution in [-0.4, -0.2) is 15.0 Å². The molecule has 3 aromatic rings. The lowest BCUT2D eigenvalue weighted by molar-refractivity contribution is 1.12. The summed E-state index contributed by atoms with van der Waals surface area (Å²) < 4.78 is 0.933. The van der Waals surface area contributed by atoms with Gasteiger partial charge < -0.3 is 5.32 Å².